The van der Waals surface area contributed by atoms with E-state index < -0.39 is 21.7 Å². The summed E-state index contributed by atoms with van der Waals surface area (Å²) in [7, 11) is -3.38. The van der Waals surface area contributed by atoms with Gasteiger partial charge in [-0.1, -0.05) is 23.7 Å². The van der Waals surface area contributed by atoms with E-state index >= 15 is 0 Å². The van der Waals surface area contributed by atoms with Gasteiger partial charge in [0.25, 0.3) is 0 Å². The number of aliphatic hydroxyl groups excluding tert-OH is 1. The Morgan fingerprint density at radius 3 is 2.50 bits per heavy atom. The largest absolute Gasteiger partial charge is 0.386 e. The molecule has 1 unspecified atom stereocenters. The minimum absolute atomic E-state index is 0.365. The lowest BCUT2D eigenvalue weighted by Gasteiger charge is -2.11. The highest BCUT2D eigenvalue weighted by Gasteiger charge is 2.23. The number of hydrogen-bond acceptors (Lipinski definition) is 3. The normalized spacial score (nSPS) is 13.3. The number of rotatable bonds is 4. The molecule has 0 fully saturated rings. The highest BCUT2D eigenvalue weighted by atomic mass is 35.5. The summed E-state index contributed by atoms with van der Waals surface area (Å²) in [4.78, 5) is 3.06. The average Bonchev–Trinajstić information content (AvgIpc) is 2.85. The Morgan fingerprint density at radius 1 is 1.21 bits per heavy atom. The number of aliphatic hydroxyl groups is 1. The quantitative estimate of drug-likeness (QED) is 0.738. The molecule has 4 nitrogen and oxygen atoms in total. The molecule has 0 aliphatic carbocycles. The van der Waals surface area contributed by atoms with Crippen LogP contribution in [0.3, 0.4) is 0 Å². The number of halogens is 2. The zero-order chi connectivity index (χ0) is 17.5. The van der Waals surface area contributed by atoms with Gasteiger partial charge in [-0.15, -0.1) is 0 Å². The molecular weight excluding hydrogens is 353 g/mol. The number of hydrogen-bond donors (Lipinski definition) is 2. The first-order chi connectivity index (χ1) is 11.2. The zero-order valence-electron chi connectivity index (χ0n) is 12.8. The third-order valence-electron chi connectivity index (χ3n) is 3.72. The lowest BCUT2D eigenvalue weighted by atomic mass is 10.00. The highest BCUT2D eigenvalue weighted by molar-refractivity contribution is 7.90. The van der Waals surface area contributed by atoms with E-state index in [9.17, 15) is 17.9 Å². The Morgan fingerprint density at radius 2 is 1.88 bits per heavy atom. The van der Waals surface area contributed by atoms with Crippen molar-refractivity contribution < 1.29 is 17.9 Å². The molecule has 3 aromatic rings. The summed E-state index contributed by atoms with van der Waals surface area (Å²) in [6, 6.07) is 11.0. The molecule has 1 heterocycles. The maximum Gasteiger partial charge on any atom is 0.150 e. The second kappa shape index (κ2) is 6.20. The predicted molar refractivity (Wildman–Crippen MR) is 93.4 cm³/mol. The SMILES string of the molecule is CS(=O)(=O)CC(O)c1[nH]c2ccc(Cl)cc2c1-c1ccc(F)cc1. The predicted octanol–water partition coefficient (Wildman–Crippen LogP) is 3.71. The fourth-order valence-corrected chi connectivity index (χ4v) is 3.64. The maximum absolute atomic E-state index is 13.2. The monoisotopic (exact) mass is 367 g/mol. The van der Waals surface area contributed by atoms with Gasteiger partial charge in [0.15, 0.2) is 0 Å². The summed E-state index contributed by atoms with van der Waals surface area (Å²) in [5, 5.41) is 11.6. The van der Waals surface area contributed by atoms with Crippen LogP contribution < -0.4 is 0 Å². The molecule has 0 aliphatic heterocycles. The average molecular weight is 368 g/mol. The third kappa shape index (κ3) is 3.45. The smallest absolute Gasteiger partial charge is 0.150 e. The van der Waals surface area contributed by atoms with E-state index in [1.807, 2.05) is 0 Å². The summed E-state index contributed by atoms with van der Waals surface area (Å²) in [5.74, 6) is -0.795. The molecule has 1 atom stereocenters. The van der Waals surface area contributed by atoms with E-state index in [0.717, 1.165) is 11.6 Å². The molecule has 0 bridgehead atoms. The van der Waals surface area contributed by atoms with E-state index in [0.29, 0.717) is 27.4 Å². The van der Waals surface area contributed by atoms with Crippen molar-refractivity contribution in [2.24, 2.45) is 0 Å². The van der Waals surface area contributed by atoms with E-state index in [1.54, 1.807) is 30.3 Å². The van der Waals surface area contributed by atoms with Crippen LogP contribution in [0, 0.1) is 5.82 Å². The van der Waals surface area contributed by atoms with Gasteiger partial charge in [0, 0.05) is 27.7 Å². The lowest BCUT2D eigenvalue weighted by Crippen LogP contribution is -2.13. The van der Waals surface area contributed by atoms with E-state index in [4.69, 9.17) is 11.6 Å². The van der Waals surface area contributed by atoms with Gasteiger partial charge >= 0.3 is 0 Å². The van der Waals surface area contributed by atoms with Crippen LogP contribution in [0.2, 0.25) is 5.02 Å². The second-order valence-electron chi connectivity index (χ2n) is 5.72. The number of H-pyrrole nitrogens is 1. The number of benzene rings is 2. The third-order valence-corrected chi connectivity index (χ3v) is 4.87. The van der Waals surface area contributed by atoms with Gasteiger partial charge in [-0.05, 0) is 35.9 Å². The number of fused-ring (bicyclic) bond motifs is 1. The van der Waals surface area contributed by atoms with Crippen molar-refractivity contribution in [3.8, 4) is 11.1 Å². The van der Waals surface area contributed by atoms with E-state index in [2.05, 4.69) is 4.98 Å². The van der Waals surface area contributed by atoms with E-state index in [-0.39, 0.29) is 5.82 Å². The Balaban J connectivity index is 2.24. The summed E-state index contributed by atoms with van der Waals surface area (Å²) >= 11 is 6.07. The number of aromatic nitrogens is 1. The van der Waals surface area contributed by atoms with Gasteiger partial charge in [0.2, 0.25) is 0 Å². The summed E-state index contributed by atoms with van der Waals surface area (Å²) in [6.45, 7) is 0. The molecule has 2 aromatic carbocycles. The first-order valence-corrected chi connectivity index (χ1v) is 9.61. The topological polar surface area (TPSA) is 70.2 Å². The zero-order valence-corrected chi connectivity index (χ0v) is 14.3. The molecule has 24 heavy (non-hydrogen) atoms. The molecule has 7 heteroatoms. The molecule has 0 aliphatic rings. The summed E-state index contributed by atoms with van der Waals surface area (Å²) in [6.07, 6.45) is -0.168. The van der Waals surface area contributed by atoms with Crippen LogP contribution in [0.1, 0.15) is 11.8 Å². The van der Waals surface area contributed by atoms with Gasteiger partial charge in [0.1, 0.15) is 21.8 Å². The van der Waals surface area contributed by atoms with Crippen LogP contribution in [0.25, 0.3) is 22.0 Å². The Bertz CT molecular complexity index is 997. The van der Waals surface area contributed by atoms with Crippen LogP contribution >= 0.6 is 11.6 Å². The van der Waals surface area contributed by atoms with Gasteiger partial charge in [-0.2, -0.15) is 0 Å². The standard InChI is InChI=1S/C17H15ClFNO3S/c1-24(22,23)9-15(21)17-16(10-2-5-12(19)6-3-10)13-8-11(18)4-7-14(13)20-17/h2-8,15,20-21H,9H2,1H3. The Labute approximate surface area is 143 Å². The minimum Gasteiger partial charge on any atom is -0.386 e. The fraction of sp³-hybridized carbons (Fsp3) is 0.176. The van der Waals surface area contributed by atoms with E-state index in [1.165, 1.54) is 12.1 Å². The molecule has 3 rings (SSSR count). The van der Waals surface area contributed by atoms with Crippen molar-refractivity contribution in [3.05, 3.63) is 59.0 Å². The highest BCUT2D eigenvalue weighted by Crippen LogP contribution is 2.37. The molecule has 1 aromatic heterocycles. The number of aromatic amines is 1. The summed E-state index contributed by atoms with van der Waals surface area (Å²) in [5.41, 5.74) is 2.35. The van der Waals surface area contributed by atoms with Crippen molar-refractivity contribution in [3.63, 3.8) is 0 Å². The molecule has 0 radical (unpaired) electrons. The van der Waals surface area contributed by atoms with Crippen LogP contribution in [0.4, 0.5) is 4.39 Å². The van der Waals surface area contributed by atoms with Crippen LogP contribution in [0.5, 0.6) is 0 Å². The van der Waals surface area contributed by atoms with Gasteiger partial charge in [-0.3, -0.25) is 0 Å². The van der Waals surface area contributed by atoms with Gasteiger partial charge < -0.3 is 10.1 Å². The number of nitrogens with one attached hydrogen (secondary N) is 1. The van der Waals surface area contributed by atoms with Crippen LogP contribution in [-0.2, 0) is 9.84 Å². The maximum atomic E-state index is 13.2. The summed E-state index contributed by atoms with van der Waals surface area (Å²) < 4.78 is 36.3. The van der Waals surface area contributed by atoms with Crippen molar-refractivity contribution in [2.75, 3.05) is 12.0 Å². The van der Waals surface area contributed by atoms with Crippen molar-refractivity contribution in [1.82, 2.24) is 4.98 Å². The second-order valence-corrected chi connectivity index (χ2v) is 8.34. The molecular formula is C17H15ClFNO3S. The van der Waals surface area contributed by atoms with Gasteiger partial charge in [0.05, 0.1) is 11.4 Å². The first-order valence-electron chi connectivity index (χ1n) is 7.17. The molecule has 126 valence electrons. The molecule has 0 saturated heterocycles. The van der Waals surface area contributed by atoms with Crippen molar-refractivity contribution in [1.29, 1.82) is 0 Å². The Kier molecular flexibility index (Phi) is 4.38. The van der Waals surface area contributed by atoms with Crippen molar-refractivity contribution >= 4 is 32.3 Å². The minimum atomic E-state index is -3.38. The molecule has 0 spiro atoms. The van der Waals surface area contributed by atoms with Crippen molar-refractivity contribution in [2.45, 2.75) is 6.10 Å². The molecule has 0 saturated carbocycles. The van der Waals surface area contributed by atoms with Crippen LogP contribution in [0.15, 0.2) is 42.5 Å². The van der Waals surface area contributed by atoms with Crippen LogP contribution in [-0.4, -0.2) is 30.5 Å². The first kappa shape index (κ1) is 17.0. The molecule has 2 N–H and O–H groups in total. The Hall–Kier alpha value is -1.89. The van der Waals surface area contributed by atoms with Gasteiger partial charge in [-0.25, -0.2) is 12.8 Å². The number of sulfone groups is 1. The lowest BCUT2D eigenvalue weighted by molar-refractivity contribution is 0.198. The molecule has 0 amide bonds. The fourth-order valence-electron chi connectivity index (χ4n) is 2.73.